The minimum absolute atomic E-state index is 0.163. The number of aromatic carboxylic acids is 1. The molecule has 2 rings (SSSR count). The van der Waals surface area contributed by atoms with Crippen LogP contribution in [0.3, 0.4) is 0 Å². The number of carbonyl (C=O) groups excluding carboxylic acids is 2. The predicted molar refractivity (Wildman–Crippen MR) is 70.2 cm³/mol. The normalized spacial score (nSPS) is 19.1. The highest BCUT2D eigenvalue weighted by Crippen LogP contribution is 2.31. The molecule has 0 spiro atoms. The molecule has 1 atom stereocenters. The van der Waals surface area contributed by atoms with Gasteiger partial charge < -0.3 is 5.11 Å². The van der Waals surface area contributed by atoms with Crippen molar-refractivity contribution in [1.29, 1.82) is 0 Å². The van der Waals surface area contributed by atoms with Crippen molar-refractivity contribution in [1.82, 2.24) is 4.90 Å². The van der Waals surface area contributed by atoms with Crippen LogP contribution < -0.4 is 0 Å². The van der Waals surface area contributed by atoms with E-state index in [9.17, 15) is 14.4 Å². The topological polar surface area (TPSA) is 74.7 Å². The molecule has 1 saturated heterocycles. The molecule has 1 aliphatic rings. The number of aryl methyl sites for hydroxylation is 1. The molecule has 1 unspecified atom stereocenters. The number of hydrogen-bond acceptors (Lipinski definition) is 4. The van der Waals surface area contributed by atoms with Crippen LogP contribution in [0.15, 0.2) is 23.1 Å². The first-order valence-corrected chi connectivity index (χ1v) is 6.59. The van der Waals surface area contributed by atoms with Gasteiger partial charge in [-0.05, 0) is 24.6 Å². The van der Waals surface area contributed by atoms with Gasteiger partial charge in [-0.1, -0.05) is 6.07 Å². The Labute approximate surface area is 114 Å². The zero-order chi connectivity index (χ0) is 14.2. The van der Waals surface area contributed by atoms with Crippen LogP contribution in [0.2, 0.25) is 0 Å². The summed E-state index contributed by atoms with van der Waals surface area (Å²) in [4.78, 5) is 36.0. The third-order valence-corrected chi connectivity index (χ3v) is 4.24. The van der Waals surface area contributed by atoms with Gasteiger partial charge in [0.1, 0.15) is 0 Å². The second-order valence-electron chi connectivity index (χ2n) is 4.38. The molecule has 1 fully saturated rings. The maximum atomic E-state index is 11.8. The lowest BCUT2D eigenvalue weighted by atomic mass is 10.1. The standard InChI is InChI=1S/C13H13NO4S/c1-7-3-4-8(5-9(7)13(17)18)19-10-6-11(15)14(2)12(10)16/h3-5,10H,6H2,1-2H3,(H,17,18). The third kappa shape index (κ3) is 2.63. The van der Waals surface area contributed by atoms with Crippen molar-refractivity contribution in [3.05, 3.63) is 29.3 Å². The number of nitrogens with zero attached hydrogens (tertiary/aromatic N) is 1. The maximum absolute atomic E-state index is 11.8. The van der Waals surface area contributed by atoms with Crippen molar-refractivity contribution in [2.24, 2.45) is 0 Å². The van der Waals surface area contributed by atoms with Crippen LogP contribution in [-0.4, -0.2) is 40.1 Å². The molecule has 6 heteroatoms. The van der Waals surface area contributed by atoms with E-state index in [1.807, 2.05) is 0 Å². The third-order valence-electron chi connectivity index (χ3n) is 3.06. The fourth-order valence-electron chi connectivity index (χ4n) is 1.88. The molecule has 100 valence electrons. The fraction of sp³-hybridized carbons (Fsp3) is 0.308. The Morgan fingerprint density at radius 3 is 2.63 bits per heavy atom. The van der Waals surface area contributed by atoms with Crippen LogP contribution >= 0.6 is 11.8 Å². The summed E-state index contributed by atoms with van der Waals surface area (Å²) in [6.45, 7) is 1.72. The van der Waals surface area contributed by atoms with E-state index in [4.69, 9.17) is 5.11 Å². The highest BCUT2D eigenvalue weighted by atomic mass is 32.2. The number of benzene rings is 1. The van der Waals surface area contributed by atoms with Gasteiger partial charge in [0.05, 0.1) is 10.8 Å². The van der Waals surface area contributed by atoms with Gasteiger partial charge in [-0.2, -0.15) is 0 Å². The Morgan fingerprint density at radius 2 is 2.11 bits per heavy atom. The molecule has 0 radical (unpaired) electrons. The van der Waals surface area contributed by atoms with Crippen molar-refractivity contribution in [3.63, 3.8) is 0 Å². The molecular formula is C13H13NO4S. The number of likely N-dealkylation sites (tertiary alicyclic amines) is 1. The average molecular weight is 279 g/mol. The zero-order valence-corrected chi connectivity index (χ0v) is 11.4. The van der Waals surface area contributed by atoms with Gasteiger partial charge in [0.2, 0.25) is 11.8 Å². The maximum Gasteiger partial charge on any atom is 0.335 e. The second-order valence-corrected chi connectivity index (χ2v) is 5.66. The van der Waals surface area contributed by atoms with Crippen molar-refractivity contribution < 1.29 is 19.5 Å². The minimum atomic E-state index is -0.995. The molecule has 0 bridgehead atoms. The molecule has 1 aromatic rings. The van der Waals surface area contributed by atoms with E-state index in [0.717, 1.165) is 4.90 Å². The Balaban J connectivity index is 2.21. The predicted octanol–water partition coefficient (Wildman–Crippen LogP) is 1.54. The van der Waals surface area contributed by atoms with Crippen molar-refractivity contribution >= 4 is 29.5 Å². The highest BCUT2D eigenvalue weighted by Gasteiger charge is 2.36. The van der Waals surface area contributed by atoms with Gasteiger partial charge >= 0.3 is 5.97 Å². The number of carboxylic acid groups (broad SMARTS) is 1. The van der Waals surface area contributed by atoms with Crippen molar-refractivity contribution in [2.75, 3.05) is 7.05 Å². The smallest absolute Gasteiger partial charge is 0.335 e. The molecule has 1 heterocycles. The molecule has 0 aromatic heterocycles. The van der Waals surface area contributed by atoms with Crippen LogP contribution in [-0.2, 0) is 9.59 Å². The minimum Gasteiger partial charge on any atom is -0.478 e. The Hall–Kier alpha value is -1.82. The number of carbonyl (C=O) groups is 3. The molecular weight excluding hydrogens is 266 g/mol. The van der Waals surface area contributed by atoms with Gasteiger partial charge in [0, 0.05) is 18.4 Å². The van der Waals surface area contributed by atoms with E-state index in [-0.39, 0.29) is 23.8 Å². The molecule has 2 amide bonds. The second kappa shape index (κ2) is 5.05. The van der Waals surface area contributed by atoms with Crippen molar-refractivity contribution in [3.8, 4) is 0 Å². The number of thioether (sulfide) groups is 1. The fourth-order valence-corrected chi connectivity index (χ4v) is 3.03. The van der Waals surface area contributed by atoms with Gasteiger partial charge in [-0.25, -0.2) is 4.79 Å². The summed E-state index contributed by atoms with van der Waals surface area (Å²) >= 11 is 1.23. The van der Waals surface area contributed by atoms with E-state index in [1.165, 1.54) is 18.8 Å². The molecule has 19 heavy (non-hydrogen) atoms. The average Bonchev–Trinajstić information content (AvgIpc) is 2.59. The first kappa shape index (κ1) is 13.6. The van der Waals surface area contributed by atoms with Crippen LogP contribution in [0.5, 0.6) is 0 Å². The monoisotopic (exact) mass is 279 g/mol. The van der Waals surface area contributed by atoms with Gasteiger partial charge in [0.25, 0.3) is 0 Å². The molecule has 0 aliphatic carbocycles. The summed E-state index contributed by atoms with van der Waals surface area (Å²) < 4.78 is 0. The summed E-state index contributed by atoms with van der Waals surface area (Å²) in [5.74, 6) is -1.42. The summed E-state index contributed by atoms with van der Waals surface area (Å²) in [5.41, 5.74) is 0.887. The van der Waals surface area contributed by atoms with E-state index >= 15 is 0 Å². The Kier molecular flexibility index (Phi) is 3.61. The number of hydrogen-bond donors (Lipinski definition) is 1. The van der Waals surface area contributed by atoms with Gasteiger partial charge in [-0.15, -0.1) is 11.8 Å². The first-order chi connectivity index (χ1) is 8.90. The van der Waals surface area contributed by atoms with Crippen molar-refractivity contribution in [2.45, 2.75) is 23.5 Å². The van der Waals surface area contributed by atoms with E-state index < -0.39 is 11.2 Å². The lowest BCUT2D eigenvalue weighted by Crippen LogP contribution is -2.26. The lowest BCUT2D eigenvalue weighted by molar-refractivity contribution is -0.136. The van der Waals surface area contributed by atoms with E-state index in [2.05, 4.69) is 0 Å². The first-order valence-electron chi connectivity index (χ1n) is 5.71. The Bertz CT molecular complexity index is 570. The zero-order valence-electron chi connectivity index (χ0n) is 10.5. The van der Waals surface area contributed by atoms with Gasteiger partial charge in [-0.3, -0.25) is 14.5 Å². The number of rotatable bonds is 3. The van der Waals surface area contributed by atoms with Gasteiger partial charge in [0.15, 0.2) is 0 Å². The van der Waals surface area contributed by atoms with Crippen LogP contribution in [0.25, 0.3) is 0 Å². The summed E-state index contributed by atoms with van der Waals surface area (Å²) in [7, 11) is 1.46. The summed E-state index contributed by atoms with van der Waals surface area (Å²) in [5, 5.41) is 8.59. The van der Waals surface area contributed by atoms with E-state index in [0.29, 0.717) is 10.5 Å². The van der Waals surface area contributed by atoms with E-state index in [1.54, 1.807) is 25.1 Å². The Morgan fingerprint density at radius 1 is 1.42 bits per heavy atom. The molecule has 1 aliphatic heterocycles. The number of carboxylic acids is 1. The molecule has 1 aromatic carbocycles. The molecule has 0 saturated carbocycles. The number of amides is 2. The SMILES string of the molecule is Cc1ccc(SC2CC(=O)N(C)C2=O)cc1C(=O)O. The van der Waals surface area contributed by atoms with Crippen LogP contribution in [0.4, 0.5) is 0 Å². The summed E-state index contributed by atoms with van der Waals surface area (Å²) in [6.07, 6.45) is 0.163. The quantitative estimate of drug-likeness (QED) is 0.849. The molecule has 5 nitrogen and oxygen atoms in total. The highest BCUT2D eigenvalue weighted by molar-refractivity contribution is 8.00. The van der Waals surface area contributed by atoms with Crippen LogP contribution in [0, 0.1) is 6.92 Å². The molecule has 1 N–H and O–H groups in total. The lowest BCUT2D eigenvalue weighted by Gasteiger charge is -2.10. The number of imide groups is 1. The summed E-state index contributed by atoms with van der Waals surface area (Å²) in [6, 6.07) is 5.01. The largest absolute Gasteiger partial charge is 0.478 e. The van der Waals surface area contributed by atoms with Crippen LogP contribution in [0.1, 0.15) is 22.3 Å².